The van der Waals surface area contributed by atoms with Crippen molar-refractivity contribution in [3.05, 3.63) is 75.8 Å². The fourth-order valence-electron chi connectivity index (χ4n) is 5.92. The summed E-state index contributed by atoms with van der Waals surface area (Å²) in [5.74, 6) is -0.717. The van der Waals surface area contributed by atoms with E-state index in [4.69, 9.17) is 16.3 Å². The van der Waals surface area contributed by atoms with Crippen molar-refractivity contribution >= 4 is 54.6 Å². The molecule has 0 saturated carbocycles. The first-order chi connectivity index (χ1) is 21.3. The van der Waals surface area contributed by atoms with Gasteiger partial charge in [0.2, 0.25) is 15.9 Å². The highest BCUT2D eigenvalue weighted by atomic mass is 35.5. The number of ether oxygens (including phenoxy) is 1. The molecule has 0 aromatic heterocycles. The number of hydrogen-bond acceptors (Lipinski definition) is 7. The van der Waals surface area contributed by atoms with Crippen LogP contribution in [0.1, 0.15) is 35.1 Å². The predicted molar refractivity (Wildman–Crippen MR) is 177 cm³/mol. The molecule has 2 aliphatic rings. The number of para-hydroxylation sites is 1. The van der Waals surface area contributed by atoms with Crippen molar-refractivity contribution in [3.8, 4) is 0 Å². The second-order valence-electron chi connectivity index (χ2n) is 11.6. The van der Waals surface area contributed by atoms with Gasteiger partial charge in [-0.25, -0.2) is 16.8 Å². The molecule has 2 fully saturated rings. The Morgan fingerprint density at radius 3 is 2.11 bits per heavy atom. The Bertz CT molecular complexity index is 1790. The summed E-state index contributed by atoms with van der Waals surface area (Å²) in [5.41, 5.74) is 4.40. The second kappa shape index (κ2) is 13.3. The molecule has 3 aromatic rings. The second-order valence-corrected chi connectivity index (χ2v) is 15.6. The Balaban J connectivity index is 1.34. The molecule has 1 amide bonds. The topological polar surface area (TPSA) is 125 Å². The molecule has 0 bridgehead atoms. The van der Waals surface area contributed by atoms with Gasteiger partial charge in [0.15, 0.2) is 0 Å². The molecule has 0 radical (unpaired) electrons. The van der Waals surface area contributed by atoms with Gasteiger partial charge < -0.3 is 15.0 Å². The third kappa shape index (κ3) is 7.00. The fourth-order valence-corrected chi connectivity index (χ4v) is 9.53. The number of anilines is 3. The van der Waals surface area contributed by atoms with Crippen molar-refractivity contribution in [2.24, 2.45) is 5.92 Å². The molecule has 0 atom stereocenters. The average molecular weight is 675 g/mol. The largest absolute Gasteiger partial charge is 0.378 e. The molecule has 2 N–H and O–H groups in total. The number of carbonyl (C=O) groups excluding carboxylic acids is 1. The van der Waals surface area contributed by atoms with E-state index in [0.717, 1.165) is 22.3 Å². The van der Waals surface area contributed by atoms with E-state index in [0.29, 0.717) is 55.4 Å². The van der Waals surface area contributed by atoms with Gasteiger partial charge in [0.25, 0.3) is 10.0 Å². The number of piperidine rings is 1. The third-order valence-electron chi connectivity index (χ3n) is 8.71. The molecular weight excluding hydrogens is 636 g/mol. The molecule has 10 nitrogen and oxygen atoms in total. The van der Waals surface area contributed by atoms with Gasteiger partial charge in [-0.2, -0.15) is 4.31 Å². The number of rotatable bonds is 8. The number of carbonyl (C=O) groups is 1. The van der Waals surface area contributed by atoms with Crippen LogP contribution in [-0.4, -0.2) is 66.4 Å². The quantitative estimate of drug-likeness (QED) is 0.334. The van der Waals surface area contributed by atoms with Crippen molar-refractivity contribution in [1.82, 2.24) is 4.31 Å². The molecule has 2 heterocycles. The molecular formula is C32H39ClN4O6S2. The maximum atomic E-state index is 13.7. The van der Waals surface area contributed by atoms with E-state index in [1.165, 1.54) is 10.4 Å². The Hall–Kier alpha value is -3.16. The van der Waals surface area contributed by atoms with Crippen LogP contribution in [0, 0.1) is 33.6 Å². The van der Waals surface area contributed by atoms with Crippen LogP contribution in [0.15, 0.2) is 58.3 Å². The lowest BCUT2D eigenvalue weighted by Crippen LogP contribution is -2.42. The Kier molecular flexibility index (Phi) is 9.81. The first kappa shape index (κ1) is 33.2. The van der Waals surface area contributed by atoms with Crippen LogP contribution in [0.2, 0.25) is 5.02 Å². The number of sulfonamides is 2. The fraction of sp³-hybridized carbons (Fsp3) is 0.406. The summed E-state index contributed by atoms with van der Waals surface area (Å²) in [6, 6.07) is 13.4. The number of morpholine rings is 1. The summed E-state index contributed by atoms with van der Waals surface area (Å²) >= 11 is 6.24. The first-order valence-electron chi connectivity index (χ1n) is 14.9. The zero-order valence-electron chi connectivity index (χ0n) is 25.9. The van der Waals surface area contributed by atoms with Crippen LogP contribution in [0.5, 0.6) is 0 Å². The molecule has 0 spiro atoms. The zero-order valence-corrected chi connectivity index (χ0v) is 28.3. The standard InChI is InChI=1S/C32H39ClN4O6S2/c1-21-19-22(2)24(4)31(23(21)3)45(41,42)37-13-11-25(12-14-37)32(38)34-26-9-10-29(36-15-17-43-18-16-36)30(20-26)44(39,40)35-28-8-6-5-7-27(28)33/h5-10,19-20,25,35H,11-18H2,1-4H3,(H,34,38). The van der Waals surface area contributed by atoms with Gasteiger partial charge in [0, 0.05) is 37.8 Å². The number of nitrogens with zero attached hydrogens (tertiary/aromatic N) is 2. The van der Waals surface area contributed by atoms with Gasteiger partial charge in [-0.1, -0.05) is 29.8 Å². The number of hydrogen-bond donors (Lipinski definition) is 2. The predicted octanol–water partition coefficient (Wildman–Crippen LogP) is 5.25. The molecule has 2 saturated heterocycles. The van der Waals surface area contributed by atoms with Crippen LogP contribution >= 0.6 is 11.6 Å². The summed E-state index contributed by atoms with van der Waals surface area (Å²) in [7, 11) is -7.84. The molecule has 3 aromatic carbocycles. The van der Waals surface area contributed by atoms with Crippen LogP contribution < -0.4 is 14.9 Å². The molecule has 0 aliphatic carbocycles. The summed E-state index contributed by atoms with van der Waals surface area (Å²) < 4.78 is 64.3. The number of benzene rings is 3. The molecule has 242 valence electrons. The monoisotopic (exact) mass is 674 g/mol. The summed E-state index contributed by atoms with van der Waals surface area (Å²) in [4.78, 5) is 15.7. The van der Waals surface area contributed by atoms with Crippen molar-refractivity contribution in [2.45, 2.75) is 50.3 Å². The minimum Gasteiger partial charge on any atom is -0.378 e. The average Bonchev–Trinajstić information content (AvgIpc) is 3.01. The number of amides is 1. The van der Waals surface area contributed by atoms with Gasteiger partial charge in [-0.15, -0.1) is 0 Å². The highest BCUT2D eigenvalue weighted by molar-refractivity contribution is 7.93. The van der Waals surface area contributed by atoms with E-state index in [-0.39, 0.29) is 34.6 Å². The van der Waals surface area contributed by atoms with Crippen molar-refractivity contribution in [3.63, 3.8) is 0 Å². The van der Waals surface area contributed by atoms with Gasteiger partial charge in [0.1, 0.15) is 4.90 Å². The van der Waals surface area contributed by atoms with Crippen molar-refractivity contribution in [2.75, 3.05) is 54.3 Å². The molecule has 45 heavy (non-hydrogen) atoms. The van der Waals surface area contributed by atoms with Gasteiger partial charge in [-0.05, 0) is 93.1 Å². The SMILES string of the molecule is Cc1cc(C)c(C)c(S(=O)(=O)N2CCC(C(=O)Nc3ccc(N4CCOCC4)c(S(=O)(=O)Nc4ccccc4Cl)c3)CC2)c1C. The van der Waals surface area contributed by atoms with E-state index in [1.54, 1.807) is 36.4 Å². The van der Waals surface area contributed by atoms with E-state index in [1.807, 2.05) is 38.7 Å². The minimum atomic E-state index is -4.10. The van der Waals surface area contributed by atoms with Crippen LogP contribution in [0.4, 0.5) is 17.1 Å². The van der Waals surface area contributed by atoms with Crippen molar-refractivity contribution < 1.29 is 26.4 Å². The van der Waals surface area contributed by atoms with Gasteiger partial charge >= 0.3 is 0 Å². The molecule has 0 unspecified atom stereocenters. The van der Waals surface area contributed by atoms with E-state index in [9.17, 15) is 21.6 Å². The number of nitrogens with one attached hydrogen (secondary N) is 2. The lowest BCUT2D eigenvalue weighted by Gasteiger charge is -2.32. The minimum absolute atomic E-state index is 0.00206. The number of aryl methyl sites for hydroxylation is 2. The molecule has 13 heteroatoms. The number of halogens is 1. The van der Waals surface area contributed by atoms with Crippen molar-refractivity contribution in [1.29, 1.82) is 0 Å². The lowest BCUT2D eigenvalue weighted by molar-refractivity contribution is -0.120. The van der Waals surface area contributed by atoms with Gasteiger partial charge in [-0.3, -0.25) is 9.52 Å². The Morgan fingerprint density at radius 1 is 0.867 bits per heavy atom. The molecule has 5 rings (SSSR count). The Labute approximate surface area is 270 Å². The van der Waals surface area contributed by atoms with Crippen LogP contribution in [0.25, 0.3) is 0 Å². The zero-order chi connectivity index (χ0) is 32.5. The van der Waals surface area contributed by atoms with Crippen LogP contribution in [-0.2, 0) is 29.6 Å². The van der Waals surface area contributed by atoms with E-state index >= 15 is 0 Å². The normalized spacial score (nSPS) is 16.9. The maximum Gasteiger partial charge on any atom is 0.264 e. The highest BCUT2D eigenvalue weighted by Crippen LogP contribution is 2.34. The van der Waals surface area contributed by atoms with E-state index in [2.05, 4.69) is 10.0 Å². The summed E-state index contributed by atoms with van der Waals surface area (Å²) in [6.07, 6.45) is 0.693. The van der Waals surface area contributed by atoms with E-state index < -0.39 is 26.0 Å². The van der Waals surface area contributed by atoms with Crippen LogP contribution in [0.3, 0.4) is 0 Å². The third-order valence-corrected chi connectivity index (χ3v) is 12.6. The first-order valence-corrected chi connectivity index (χ1v) is 18.2. The maximum absolute atomic E-state index is 13.7. The Morgan fingerprint density at radius 2 is 1.49 bits per heavy atom. The van der Waals surface area contributed by atoms with Gasteiger partial charge in [0.05, 0.1) is 34.5 Å². The lowest BCUT2D eigenvalue weighted by atomic mass is 9.97. The highest BCUT2D eigenvalue weighted by Gasteiger charge is 2.35. The summed E-state index contributed by atoms with van der Waals surface area (Å²) in [6.45, 7) is 9.87. The molecule has 2 aliphatic heterocycles. The smallest absolute Gasteiger partial charge is 0.264 e. The summed E-state index contributed by atoms with van der Waals surface area (Å²) in [5, 5.41) is 3.14.